The number of ether oxygens (including phenoxy) is 2. The van der Waals surface area contributed by atoms with Crippen molar-refractivity contribution in [3.63, 3.8) is 0 Å². The molecule has 3 heteroatoms. The van der Waals surface area contributed by atoms with Gasteiger partial charge in [-0.15, -0.1) is 0 Å². The van der Waals surface area contributed by atoms with Gasteiger partial charge in [-0.2, -0.15) is 0 Å². The van der Waals surface area contributed by atoms with Gasteiger partial charge in [-0.25, -0.2) is 0 Å². The molecule has 2 nitrogen and oxygen atoms in total. The number of hydrogen-bond donors (Lipinski definition) is 0. The van der Waals surface area contributed by atoms with Gasteiger partial charge in [0.25, 0.3) is 0 Å². The SMILES string of the molecule is CCCCCCCCCOc1c(Cl)cc2ccccc2c1OCCCCCCCCC. The minimum Gasteiger partial charge on any atom is -0.489 e. The Kier molecular flexibility index (Phi) is 13.6. The second kappa shape index (κ2) is 16.3. The first-order chi connectivity index (χ1) is 15.3. The summed E-state index contributed by atoms with van der Waals surface area (Å²) in [7, 11) is 0. The molecule has 0 heterocycles. The molecule has 0 N–H and O–H groups in total. The first-order valence-electron chi connectivity index (χ1n) is 12.7. The predicted octanol–water partition coefficient (Wildman–Crippen LogP) is 9.75. The number of benzene rings is 2. The number of unbranched alkanes of at least 4 members (excludes halogenated alkanes) is 12. The summed E-state index contributed by atoms with van der Waals surface area (Å²) in [5, 5.41) is 2.84. The van der Waals surface area contributed by atoms with Gasteiger partial charge in [-0.3, -0.25) is 0 Å². The van der Waals surface area contributed by atoms with E-state index in [-0.39, 0.29) is 0 Å². The summed E-state index contributed by atoms with van der Waals surface area (Å²) in [6.45, 7) is 5.93. The van der Waals surface area contributed by atoms with Crippen LogP contribution < -0.4 is 9.47 Å². The lowest BCUT2D eigenvalue weighted by molar-refractivity contribution is 0.261. The Morgan fingerprint density at radius 2 is 1.10 bits per heavy atom. The van der Waals surface area contributed by atoms with Gasteiger partial charge in [0, 0.05) is 5.39 Å². The quantitative estimate of drug-likeness (QED) is 0.212. The van der Waals surface area contributed by atoms with E-state index in [1.165, 1.54) is 77.0 Å². The van der Waals surface area contributed by atoms with Crippen LogP contribution in [0.4, 0.5) is 0 Å². The van der Waals surface area contributed by atoms with Crippen LogP contribution in [0.3, 0.4) is 0 Å². The summed E-state index contributed by atoms with van der Waals surface area (Å²) in [4.78, 5) is 0. The highest BCUT2D eigenvalue weighted by molar-refractivity contribution is 6.33. The molecule has 0 aromatic heterocycles. The molecule has 31 heavy (non-hydrogen) atoms. The zero-order chi connectivity index (χ0) is 22.2. The molecule has 174 valence electrons. The summed E-state index contributed by atoms with van der Waals surface area (Å²) in [5.74, 6) is 1.53. The largest absolute Gasteiger partial charge is 0.489 e. The molecule has 0 saturated heterocycles. The van der Waals surface area contributed by atoms with E-state index in [4.69, 9.17) is 21.1 Å². The molecule has 0 radical (unpaired) electrons. The van der Waals surface area contributed by atoms with Crippen molar-refractivity contribution in [3.8, 4) is 11.5 Å². The molecule has 0 amide bonds. The highest BCUT2D eigenvalue weighted by Crippen LogP contribution is 2.42. The fourth-order valence-corrected chi connectivity index (χ4v) is 4.27. The van der Waals surface area contributed by atoms with Crippen LogP contribution in [0.1, 0.15) is 104 Å². The molecular weight excluding hydrogens is 404 g/mol. The maximum Gasteiger partial charge on any atom is 0.180 e. The maximum absolute atomic E-state index is 6.61. The second-order valence-electron chi connectivity index (χ2n) is 8.68. The molecule has 2 aromatic carbocycles. The molecule has 0 aliphatic heterocycles. The van der Waals surface area contributed by atoms with Crippen LogP contribution in [0.5, 0.6) is 11.5 Å². The molecular formula is C28H43ClO2. The predicted molar refractivity (Wildman–Crippen MR) is 136 cm³/mol. The summed E-state index contributed by atoms with van der Waals surface area (Å²) in [5.41, 5.74) is 0. The van der Waals surface area contributed by atoms with Crippen molar-refractivity contribution >= 4 is 22.4 Å². The Bertz CT molecular complexity index is 728. The Labute approximate surface area is 195 Å². The van der Waals surface area contributed by atoms with Crippen molar-refractivity contribution in [3.05, 3.63) is 35.4 Å². The van der Waals surface area contributed by atoms with Crippen molar-refractivity contribution < 1.29 is 9.47 Å². The summed E-state index contributed by atoms with van der Waals surface area (Å²) >= 11 is 6.61. The number of rotatable bonds is 18. The van der Waals surface area contributed by atoms with Crippen molar-refractivity contribution in [2.24, 2.45) is 0 Å². The zero-order valence-corrected chi connectivity index (χ0v) is 20.7. The van der Waals surface area contributed by atoms with E-state index in [1.807, 2.05) is 12.1 Å². The van der Waals surface area contributed by atoms with Gasteiger partial charge in [-0.05, 0) is 24.3 Å². The zero-order valence-electron chi connectivity index (χ0n) is 19.9. The third kappa shape index (κ3) is 9.73. The topological polar surface area (TPSA) is 18.5 Å². The Hall–Kier alpha value is -1.41. The Morgan fingerprint density at radius 3 is 1.68 bits per heavy atom. The molecule has 0 atom stereocenters. The van der Waals surface area contributed by atoms with Crippen LogP contribution in [-0.4, -0.2) is 13.2 Å². The van der Waals surface area contributed by atoms with Gasteiger partial charge in [0.15, 0.2) is 11.5 Å². The molecule has 2 rings (SSSR count). The van der Waals surface area contributed by atoms with E-state index >= 15 is 0 Å². The molecule has 0 aliphatic rings. The summed E-state index contributed by atoms with van der Waals surface area (Å²) in [6.07, 6.45) is 17.8. The normalized spacial score (nSPS) is 11.2. The first-order valence-corrected chi connectivity index (χ1v) is 13.1. The first kappa shape index (κ1) is 25.8. The van der Waals surface area contributed by atoms with Gasteiger partial charge in [0.1, 0.15) is 0 Å². The van der Waals surface area contributed by atoms with Crippen molar-refractivity contribution in [1.82, 2.24) is 0 Å². The lowest BCUT2D eigenvalue weighted by Crippen LogP contribution is -2.04. The van der Waals surface area contributed by atoms with Crippen LogP contribution in [0, 0.1) is 0 Å². The summed E-state index contributed by atoms with van der Waals surface area (Å²) < 4.78 is 12.4. The van der Waals surface area contributed by atoms with E-state index in [2.05, 4.69) is 32.0 Å². The lowest BCUT2D eigenvalue weighted by Gasteiger charge is -2.17. The van der Waals surface area contributed by atoms with Crippen LogP contribution in [0.15, 0.2) is 30.3 Å². The number of hydrogen-bond acceptors (Lipinski definition) is 2. The molecule has 0 bridgehead atoms. The van der Waals surface area contributed by atoms with Gasteiger partial charge in [0.05, 0.1) is 18.2 Å². The molecule has 0 spiro atoms. The van der Waals surface area contributed by atoms with E-state index < -0.39 is 0 Å². The fraction of sp³-hybridized carbons (Fsp3) is 0.643. The summed E-state index contributed by atoms with van der Waals surface area (Å²) in [6, 6.07) is 10.3. The minimum atomic E-state index is 0.649. The van der Waals surface area contributed by atoms with Gasteiger partial charge < -0.3 is 9.47 Å². The molecule has 0 fully saturated rings. The minimum absolute atomic E-state index is 0.649. The van der Waals surface area contributed by atoms with Crippen molar-refractivity contribution in [1.29, 1.82) is 0 Å². The van der Waals surface area contributed by atoms with Gasteiger partial charge in [-0.1, -0.05) is 127 Å². The molecule has 0 unspecified atom stereocenters. The second-order valence-corrected chi connectivity index (χ2v) is 9.08. The standard InChI is InChI=1S/C28H43ClO2/c1-3-5-7-9-11-13-17-21-30-27-25-20-16-15-19-24(25)23-26(29)28(27)31-22-18-14-12-10-8-6-4-2/h15-16,19-20,23H,3-14,17-18,21-22H2,1-2H3. The van der Waals surface area contributed by atoms with E-state index in [9.17, 15) is 0 Å². The van der Waals surface area contributed by atoms with E-state index in [0.29, 0.717) is 24.0 Å². The highest BCUT2D eigenvalue weighted by Gasteiger charge is 2.15. The molecule has 2 aromatic rings. The van der Waals surface area contributed by atoms with Gasteiger partial charge in [0.2, 0.25) is 0 Å². The van der Waals surface area contributed by atoms with Crippen molar-refractivity contribution in [2.45, 2.75) is 104 Å². The van der Waals surface area contributed by atoms with Crippen LogP contribution >= 0.6 is 11.6 Å². The van der Waals surface area contributed by atoms with Crippen LogP contribution in [-0.2, 0) is 0 Å². The third-order valence-corrected chi connectivity index (χ3v) is 6.18. The Balaban J connectivity index is 1.87. The highest BCUT2D eigenvalue weighted by atomic mass is 35.5. The monoisotopic (exact) mass is 446 g/mol. The Morgan fingerprint density at radius 1 is 0.613 bits per heavy atom. The van der Waals surface area contributed by atoms with Crippen LogP contribution in [0.25, 0.3) is 10.8 Å². The van der Waals surface area contributed by atoms with Crippen LogP contribution in [0.2, 0.25) is 5.02 Å². The fourth-order valence-electron chi connectivity index (χ4n) is 4.01. The smallest absolute Gasteiger partial charge is 0.180 e. The molecule has 0 saturated carbocycles. The van der Waals surface area contributed by atoms with Gasteiger partial charge >= 0.3 is 0 Å². The van der Waals surface area contributed by atoms with E-state index in [1.54, 1.807) is 0 Å². The third-order valence-electron chi connectivity index (χ3n) is 5.90. The lowest BCUT2D eigenvalue weighted by atomic mass is 10.1. The average molecular weight is 447 g/mol. The van der Waals surface area contributed by atoms with E-state index in [0.717, 1.165) is 29.4 Å². The average Bonchev–Trinajstić information content (AvgIpc) is 2.78. The van der Waals surface area contributed by atoms with Crippen molar-refractivity contribution in [2.75, 3.05) is 13.2 Å². The number of fused-ring (bicyclic) bond motifs is 1. The maximum atomic E-state index is 6.61. The number of halogens is 1. The molecule has 0 aliphatic carbocycles.